The van der Waals surface area contributed by atoms with E-state index in [1.807, 2.05) is 55.6 Å². The molecule has 3 aliphatic rings. The number of phenols is 1. The first kappa shape index (κ1) is 28.4. The van der Waals surface area contributed by atoms with E-state index < -0.39 is 12.2 Å². The summed E-state index contributed by atoms with van der Waals surface area (Å²) in [5, 5.41) is 15.9. The number of piperazine rings is 1. The molecule has 2 fully saturated rings. The number of hydrogen-bond acceptors (Lipinski definition) is 7. The Hall–Kier alpha value is -4.77. The summed E-state index contributed by atoms with van der Waals surface area (Å²) < 4.78 is 5.90. The van der Waals surface area contributed by atoms with Gasteiger partial charge in [0, 0.05) is 33.6 Å². The smallest absolute Gasteiger partial charge is 0.332 e. The summed E-state index contributed by atoms with van der Waals surface area (Å²) in [6.07, 6.45) is -0.243. The number of amides is 4. The molecule has 3 aromatic carbocycles. The van der Waals surface area contributed by atoms with E-state index in [0.717, 1.165) is 34.7 Å². The van der Waals surface area contributed by atoms with Crippen LogP contribution in [0, 0.1) is 0 Å². The highest BCUT2D eigenvalue weighted by Gasteiger charge is 2.51. The Labute approximate surface area is 250 Å². The second-order valence-corrected chi connectivity index (χ2v) is 11.2. The molecule has 3 aliphatic heterocycles. The van der Waals surface area contributed by atoms with Crippen LogP contribution in [0.15, 0.2) is 72.8 Å². The fourth-order valence-electron chi connectivity index (χ4n) is 6.03. The number of carbonyl (C=O) groups excluding carboxylic acids is 3. The molecule has 3 aromatic rings. The van der Waals surface area contributed by atoms with Crippen LogP contribution in [0.1, 0.15) is 16.7 Å². The number of likely N-dealkylation sites (N-methyl/N-ethyl adjacent to an activating group) is 1. The van der Waals surface area contributed by atoms with Gasteiger partial charge in [0.15, 0.2) is 0 Å². The van der Waals surface area contributed by atoms with Crippen LogP contribution in [0.2, 0.25) is 0 Å². The van der Waals surface area contributed by atoms with Crippen molar-refractivity contribution >= 4 is 23.5 Å². The molecule has 6 rings (SSSR count). The highest BCUT2D eigenvalue weighted by atomic mass is 16.5. The van der Waals surface area contributed by atoms with Crippen molar-refractivity contribution in [1.29, 1.82) is 0 Å². The average Bonchev–Trinajstić information content (AvgIpc) is 3.34. The van der Waals surface area contributed by atoms with Gasteiger partial charge in [-0.25, -0.2) is 4.79 Å². The van der Waals surface area contributed by atoms with Crippen molar-refractivity contribution in [1.82, 2.24) is 25.1 Å². The van der Waals surface area contributed by atoms with E-state index >= 15 is 0 Å². The molecule has 0 saturated carbocycles. The quantitative estimate of drug-likeness (QED) is 0.439. The van der Waals surface area contributed by atoms with Gasteiger partial charge in [-0.05, 0) is 41.0 Å². The third-order valence-corrected chi connectivity index (χ3v) is 8.39. The van der Waals surface area contributed by atoms with E-state index in [4.69, 9.17) is 4.74 Å². The number of benzene rings is 3. The number of ether oxygens (including phenoxy) is 1. The Morgan fingerprint density at radius 3 is 2.53 bits per heavy atom. The Morgan fingerprint density at radius 1 is 1.02 bits per heavy atom. The van der Waals surface area contributed by atoms with Gasteiger partial charge in [-0.2, -0.15) is 5.01 Å². The minimum absolute atomic E-state index is 0.0217. The highest BCUT2D eigenvalue weighted by Crippen LogP contribution is 2.34. The maximum Gasteiger partial charge on any atom is 0.332 e. The average molecular weight is 585 g/mol. The first-order valence-electron chi connectivity index (χ1n) is 14.5. The monoisotopic (exact) mass is 584 g/mol. The van der Waals surface area contributed by atoms with Gasteiger partial charge in [-0.15, -0.1) is 0 Å². The largest absolute Gasteiger partial charge is 0.508 e. The Morgan fingerprint density at radius 2 is 1.77 bits per heavy atom. The van der Waals surface area contributed by atoms with Crippen molar-refractivity contribution in [3.05, 3.63) is 89.5 Å². The lowest BCUT2D eigenvalue weighted by atomic mass is 9.99. The summed E-state index contributed by atoms with van der Waals surface area (Å²) >= 11 is 0. The summed E-state index contributed by atoms with van der Waals surface area (Å²) in [6, 6.07) is 21.2. The maximum absolute atomic E-state index is 14.0. The predicted molar refractivity (Wildman–Crippen MR) is 160 cm³/mol. The van der Waals surface area contributed by atoms with Gasteiger partial charge < -0.3 is 29.9 Å². The fraction of sp³-hybridized carbons (Fsp3) is 0.344. The Bertz CT molecular complexity index is 1500. The van der Waals surface area contributed by atoms with Crippen molar-refractivity contribution in [2.24, 2.45) is 0 Å². The molecule has 224 valence electrons. The number of fused-ring (bicyclic) bond motifs is 2. The number of urea groups is 1. The van der Waals surface area contributed by atoms with Gasteiger partial charge in [0.25, 0.3) is 0 Å². The van der Waals surface area contributed by atoms with Crippen LogP contribution in [0.3, 0.4) is 0 Å². The van der Waals surface area contributed by atoms with Crippen molar-refractivity contribution in [2.75, 3.05) is 45.2 Å². The molecule has 43 heavy (non-hydrogen) atoms. The van der Waals surface area contributed by atoms with Gasteiger partial charge in [-0.3, -0.25) is 14.6 Å². The standard InChI is InChI=1S/C32H36N6O5/c1-34-14-15-43-28-17-24(10-13-26(28)34)19-36-20-29-37(35(2)32(42)33-18-23-6-4-3-5-7-23)21-30(40)38(29)27(31(36)41)16-22-8-11-25(39)12-9-22/h3-13,17,27,29,39H,14-16,18-21H2,1-2H3,(H,33,42)/t27-,29+/m0/s1. The number of aromatic hydroxyl groups is 1. The van der Waals surface area contributed by atoms with Crippen molar-refractivity contribution in [2.45, 2.75) is 31.7 Å². The van der Waals surface area contributed by atoms with Gasteiger partial charge in [-0.1, -0.05) is 48.5 Å². The van der Waals surface area contributed by atoms with Crippen LogP contribution in [0.5, 0.6) is 11.5 Å². The molecule has 2 atom stereocenters. The molecule has 2 N–H and O–H groups in total. The van der Waals surface area contributed by atoms with Crippen LogP contribution in [-0.2, 0) is 29.1 Å². The molecule has 4 amide bonds. The van der Waals surface area contributed by atoms with Crippen LogP contribution in [0.4, 0.5) is 10.5 Å². The van der Waals surface area contributed by atoms with E-state index in [1.54, 1.807) is 46.1 Å². The van der Waals surface area contributed by atoms with Gasteiger partial charge >= 0.3 is 6.03 Å². The van der Waals surface area contributed by atoms with Crippen LogP contribution in [0.25, 0.3) is 0 Å². The Balaban J connectivity index is 1.25. The van der Waals surface area contributed by atoms with Crippen molar-refractivity contribution in [3.8, 4) is 11.5 Å². The SMILES string of the molecule is CN1CCOc2cc(CN3C[C@H]4N(C(=O)CN4N(C)C(=O)NCc4ccccc4)[C@@H](Cc4ccc(O)cc4)C3=O)ccc21. The molecule has 0 aromatic heterocycles. The Kier molecular flexibility index (Phi) is 7.81. The molecule has 0 spiro atoms. The highest BCUT2D eigenvalue weighted by molar-refractivity contribution is 5.91. The molecule has 0 unspecified atom stereocenters. The van der Waals surface area contributed by atoms with Gasteiger partial charge in [0.1, 0.15) is 30.3 Å². The van der Waals surface area contributed by atoms with Crippen molar-refractivity contribution in [3.63, 3.8) is 0 Å². The van der Waals surface area contributed by atoms with Crippen LogP contribution in [-0.4, -0.2) is 95.3 Å². The second kappa shape index (κ2) is 11.8. The number of nitrogens with one attached hydrogen (secondary N) is 1. The summed E-state index contributed by atoms with van der Waals surface area (Å²) in [6.45, 7) is 2.31. The van der Waals surface area contributed by atoms with Crippen LogP contribution >= 0.6 is 0 Å². The number of rotatable bonds is 7. The molecule has 11 nitrogen and oxygen atoms in total. The third-order valence-electron chi connectivity index (χ3n) is 8.39. The fourth-order valence-corrected chi connectivity index (χ4v) is 6.03. The van der Waals surface area contributed by atoms with E-state index in [-0.39, 0.29) is 43.1 Å². The topological polar surface area (TPSA) is 109 Å². The van der Waals surface area contributed by atoms with E-state index in [0.29, 0.717) is 19.7 Å². The molecular formula is C32H36N6O5. The lowest BCUT2D eigenvalue weighted by Crippen LogP contribution is -2.65. The number of carbonyl (C=O) groups is 3. The third kappa shape index (κ3) is 5.80. The van der Waals surface area contributed by atoms with Crippen LogP contribution < -0.4 is 15.0 Å². The number of hydrogen-bond donors (Lipinski definition) is 2. The zero-order chi connectivity index (χ0) is 30.1. The molecular weight excluding hydrogens is 548 g/mol. The number of nitrogens with zero attached hydrogens (tertiary/aromatic N) is 5. The first-order chi connectivity index (χ1) is 20.8. The molecule has 0 radical (unpaired) electrons. The molecule has 11 heteroatoms. The number of hydrazine groups is 1. The maximum atomic E-state index is 14.0. The first-order valence-corrected chi connectivity index (χ1v) is 14.5. The van der Waals surface area contributed by atoms with Crippen molar-refractivity contribution < 1.29 is 24.2 Å². The predicted octanol–water partition coefficient (Wildman–Crippen LogP) is 2.40. The second-order valence-electron chi connectivity index (χ2n) is 11.2. The zero-order valence-electron chi connectivity index (χ0n) is 24.3. The van der Waals surface area contributed by atoms with E-state index in [1.165, 1.54) is 5.01 Å². The summed E-state index contributed by atoms with van der Waals surface area (Å²) in [7, 11) is 3.67. The van der Waals surface area contributed by atoms with Gasteiger partial charge in [0.05, 0.1) is 25.3 Å². The summed E-state index contributed by atoms with van der Waals surface area (Å²) in [5.74, 6) is 0.539. The summed E-state index contributed by atoms with van der Waals surface area (Å²) in [4.78, 5) is 46.2. The molecule has 0 bridgehead atoms. The molecule has 0 aliphatic carbocycles. The lowest BCUT2D eigenvalue weighted by Gasteiger charge is -2.45. The molecule has 3 heterocycles. The zero-order valence-corrected chi connectivity index (χ0v) is 24.3. The van der Waals surface area contributed by atoms with E-state index in [2.05, 4.69) is 10.2 Å². The summed E-state index contributed by atoms with van der Waals surface area (Å²) in [5.41, 5.74) is 3.71. The minimum atomic E-state index is -0.762. The van der Waals surface area contributed by atoms with Gasteiger partial charge in [0.2, 0.25) is 11.8 Å². The lowest BCUT2D eigenvalue weighted by molar-refractivity contribution is -0.157. The molecule has 2 saturated heterocycles. The number of phenolic OH excluding ortho intramolecular Hbond substituents is 1. The normalized spacial score (nSPS) is 20.0. The minimum Gasteiger partial charge on any atom is -0.508 e. The van der Waals surface area contributed by atoms with E-state index in [9.17, 15) is 19.5 Å². The number of anilines is 1.